The zero-order chi connectivity index (χ0) is 20.5. The molecule has 2 aliphatic rings. The van der Waals surface area contributed by atoms with Crippen molar-refractivity contribution in [3.8, 4) is 0 Å². The van der Waals surface area contributed by atoms with E-state index in [2.05, 4.69) is 24.0 Å². The highest BCUT2D eigenvalue weighted by molar-refractivity contribution is 8.19. The van der Waals surface area contributed by atoms with Crippen molar-refractivity contribution in [2.75, 3.05) is 18.0 Å². The van der Waals surface area contributed by atoms with E-state index in [0.29, 0.717) is 22.2 Å². The van der Waals surface area contributed by atoms with Gasteiger partial charge in [0.15, 0.2) is 11.0 Å². The molecule has 4 rings (SSSR count). The minimum atomic E-state index is -0.00892. The number of fused-ring (bicyclic) bond motifs is 1. The number of aliphatic imine (C=N–C) groups is 1. The second-order valence-corrected chi connectivity index (χ2v) is 8.61. The van der Waals surface area contributed by atoms with Gasteiger partial charge < -0.3 is 4.90 Å². The van der Waals surface area contributed by atoms with Gasteiger partial charge in [0, 0.05) is 23.5 Å². The van der Waals surface area contributed by atoms with Gasteiger partial charge in [0.2, 0.25) is 0 Å². The highest BCUT2D eigenvalue weighted by Crippen LogP contribution is 2.50. The summed E-state index contributed by atoms with van der Waals surface area (Å²) in [5.41, 5.74) is 2.52. The lowest BCUT2D eigenvalue weighted by Gasteiger charge is -2.19. The number of amidine groups is 1. The Kier molecular flexibility index (Phi) is 5.52. The summed E-state index contributed by atoms with van der Waals surface area (Å²) >= 11 is 3.06. The first-order chi connectivity index (χ1) is 14.0. The molecule has 0 N–H and O–H groups in total. The summed E-state index contributed by atoms with van der Waals surface area (Å²) in [6.45, 7) is 6.93. The summed E-state index contributed by atoms with van der Waals surface area (Å²) in [5.74, 6) is 0.0136. The van der Waals surface area contributed by atoms with Crippen molar-refractivity contribution in [1.29, 1.82) is 0 Å². The molecule has 2 heterocycles. The third-order valence-electron chi connectivity index (χ3n) is 4.80. The lowest BCUT2D eigenvalue weighted by atomic mass is 10.1. The molecule has 2 aromatic rings. The number of nitrogens with zero attached hydrogens (tertiary/aromatic N) is 3. The minimum Gasteiger partial charge on any atom is -0.334 e. The third kappa shape index (κ3) is 3.60. The second kappa shape index (κ2) is 8.08. The molecular weight excluding hydrogens is 402 g/mol. The Bertz CT molecular complexity index is 1040. The number of carbonyl (C=O) groups excluding carboxylic acids is 2. The summed E-state index contributed by atoms with van der Waals surface area (Å²) in [4.78, 5) is 35.1. The Labute approximate surface area is 178 Å². The van der Waals surface area contributed by atoms with Crippen LogP contribution in [0, 0.1) is 0 Å². The van der Waals surface area contributed by atoms with E-state index in [0.717, 1.165) is 22.9 Å². The maximum absolute atomic E-state index is 13.2. The maximum atomic E-state index is 13.2. The molecule has 5 nitrogen and oxygen atoms in total. The van der Waals surface area contributed by atoms with Crippen LogP contribution in [0.4, 0.5) is 11.4 Å². The fourth-order valence-electron chi connectivity index (χ4n) is 3.30. The van der Waals surface area contributed by atoms with Crippen LogP contribution in [0.25, 0.3) is 0 Å². The van der Waals surface area contributed by atoms with E-state index in [1.807, 2.05) is 31.2 Å². The van der Waals surface area contributed by atoms with E-state index in [4.69, 9.17) is 4.99 Å². The molecule has 29 heavy (non-hydrogen) atoms. The number of anilines is 1. The largest absolute Gasteiger partial charge is 0.334 e. The van der Waals surface area contributed by atoms with E-state index in [-0.39, 0.29) is 11.7 Å². The van der Waals surface area contributed by atoms with Crippen LogP contribution in [-0.4, -0.2) is 34.8 Å². The van der Waals surface area contributed by atoms with E-state index in [1.54, 1.807) is 35.7 Å². The number of carbonyl (C=O) groups is 2. The van der Waals surface area contributed by atoms with Crippen molar-refractivity contribution in [1.82, 2.24) is 4.90 Å². The van der Waals surface area contributed by atoms with E-state index < -0.39 is 0 Å². The maximum Gasteiger partial charge on any atom is 0.269 e. The van der Waals surface area contributed by atoms with E-state index in [1.165, 1.54) is 16.7 Å². The Morgan fingerprint density at radius 2 is 1.66 bits per heavy atom. The molecule has 7 heteroatoms. The summed E-state index contributed by atoms with van der Waals surface area (Å²) in [6, 6.07) is 15.4. The van der Waals surface area contributed by atoms with Gasteiger partial charge >= 0.3 is 0 Å². The monoisotopic (exact) mass is 423 g/mol. The molecule has 0 bridgehead atoms. The first-order valence-electron chi connectivity index (χ1n) is 9.51. The standard InChI is InChI=1S/C22H21N3O2S2/c1-4-24-17-8-6-7-9-18(17)28-21(24)19-20(27)25(5-2)22(29-19)23-16-12-10-15(11-13-16)14(3)26/h6-13H,4-5H2,1-3H3/b21-19-,23-22?. The summed E-state index contributed by atoms with van der Waals surface area (Å²) in [5, 5.41) is 1.64. The number of Topliss-reactive ketones (excluding diaryl/α,β-unsaturated/α-hetero) is 1. The van der Waals surface area contributed by atoms with Crippen molar-refractivity contribution >= 4 is 51.8 Å². The number of hydrogen-bond acceptors (Lipinski definition) is 6. The normalized spacial score (nSPS) is 20.0. The van der Waals surface area contributed by atoms with Crippen molar-refractivity contribution in [2.24, 2.45) is 4.99 Å². The number of rotatable bonds is 4. The fourth-order valence-corrected chi connectivity index (χ4v) is 5.75. The van der Waals surface area contributed by atoms with Crippen LogP contribution in [0.1, 0.15) is 31.1 Å². The molecule has 0 unspecified atom stereocenters. The van der Waals surface area contributed by atoms with Crippen molar-refractivity contribution in [2.45, 2.75) is 25.7 Å². The number of hydrogen-bond donors (Lipinski definition) is 0. The van der Waals surface area contributed by atoms with Crippen molar-refractivity contribution < 1.29 is 9.59 Å². The molecule has 1 amide bonds. The third-order valence-corrected chi connectivity index (χ3v) is 7.18. The Morgan fingerprint density at radius 1 is 0.966 bits per heavy atom. The van der Waals surface area contributed by atoms with Gasteiger partial charge in [-0.3, -0.25) is 14.5 Å². The predicted molar refractivity (Wildman–Crippen MR) is 121 cm³/mol. The highest BCUT2D eigenvalue weighted by Gasteiger charge is 2.38. The fraction of sp³-hybridized carbons (Fsp3) is 0.227. The number of ketones is 1. The molecule has 0 aromatic heterocycles. The molecule has 2 aliphatic heterocycles. The van der Waals surface area contributed by atoms with E-state index >= 15 is 0 Å². The number of benzene rings is 2. The van der Waals surface area contributed by atoms with Crippen LogP contribution in [0.2, 0.25) is 0 Å². The number of amides is 1. The zero-order valence-corrected chi connectivity index (χ0v) is 18.1. The highest BCUT2D eigenvalue weighted by atomic mass is 32.2. The van der Waals surface area contributed by atoms with Crippen LogP contribution < -0.4 is 4.90 Å². The molecule has 0 aliphatic carbocycles. The molecule has 148 valence electrons. The molecule has 0 atom stereocenters. The van der Waals surface area contributed by atoms with Crippen molar-refractivity contribution in [3.05, 3.63) is 64.0 Å². The number of likely N-dealkylation sites (N-methyl/N-ethyl adjacent to an activating group) is 1. The second-order valence-electron chi connectivity index (χ2n) is 6.60. The zero-order valence-electron chi connectivity index (χ0n) is 16.5. The number of para-hydroxylation sites is 1. The summed E-state index contributed by atoms with van der Waals surface area (Å²) in [6.07, 6.45) is 0. The molecule has 2 aromatic carbocycles. The van der Waals surface area contributed by atoms with Gasteiger partial charge in [0.25, 0.3) is 5.91 Å². The average molecular weight is 424 g/mol. The lowest BCUT2D eigenvalue weighted by Crippen LogP contribution is -2.29. The minimum absolute atomic E-state index is 0.00892. The Morgan fingerprint density at radius 3 is 2.31 bits per heavy atom. The summed E-state index contributed by atoms with van der Waals surface area (Å²) in [7, 11) is 0. The Hall–Kier alpha value is -2.51. The van der Waals surface area contributed by atoms with Gasteiger partial charge in [-0.05, 0) is 68.9 Å². The molecular formula is C22H21N3O2S2. The Balaban J connectivity index is 1.70. The SMILES string of the molecule is CCN1C(=O)/C(=C2/Sc3ccccc3N2CC)SC1=Nc1ccc(C(C)=O)cc1. The van der Waals surface area contributed by atoms with Gasteiger partial charge in [-0.1, -0.05) is 23.9 Å². The predicted octanol–water partition coefficient (Wildman–Crippen LogP) is 5.27. The molecule has 0 spiro atoms. The van der Waals surface area contributed by atoms with Crippen molar-refractivity contribution in [3.63, 3.8) is 0 Å². The first kappa shape index (κ1) is 19.8. The van der Waals surface area contributed by atoms with Gasteiger partial charge in [0.05, 0.1) is 11.4 Å². The van der Waals surface area contributed by atoms with E-state index in [9.17, 15) is 9.59 Å². The molecule has 0 saturated carbocycles. The molecule has 1 saturated heterocycles. The van der Waals surface area contributed by atoms with Crippen LogP contribution >= 0.6 is 23.5 Å². The van der Waals surface area contributed by atoms with Crippen LogP contribution in [0.15, 0.2) is 68.4 Å². The smallest absolute Gasteiger partial charge is 0.269 e. The molecule has 0 radical (unpaired) electrons. The number of thioether (sulfide) groups is 2. The van der Waals surface area contributed by atoms with Gasteiger partial charge in [-0.2, -0.15) is 0 Å². The molecule has 1 fully saturated rings. The quantitative estimate of drug-likeness (QED) is 0.495. The summed E-state index contributed by atoms with van der Waals surface area (Å²) < 4.78 is 0. The first-order valence-corrected chi connectivity index (χ1v) is 11.1. The van der Waals surface area contributed by atoms with Crippen LogP contribution in [0.3, 0.4) is 0 Å². The van der Waals surface area contributed by atoms with Crippen LogP contribution in [-0.2, 0) is 4.79 Å². The van der Waals surface area contributed by atoms with Gasteiger partial charge in [-0.25, -0.2) is 4.99 Å². The van der Waals surface area contributed by atoms with Gasteiger partial charge in [0.1, 0.15) is 9.93 Å². The van der Waals surface area contributed by atoms with Crippen LogP contribution in [0.5, 0.6) is 0 Å². The lowest BCUT2D eigenvalue weighted by molar-refractivity contribution is -0.122. The topological polar surface area (TPSA) is 53.0 Å². The van der Waals surface area contributed by atoms with Gasteiger partial charge in [-0.15, -0.1) is 0 Å². The average Bonchev–Trinajstić information content (AvgIpc) is 3.25.